The van der Waals surface area contributed by atoms with Crippen LogP contribution in [0.2, 0.25) is 0 Å². The summed E-state index contributed by atoms with van der Waals surface area (Å²) in [7, 11) is 0. The van der Waals surface area contributed by atoms with E-state index in [4.69, 9.17) is 4.74 Å². The predicted octanol–water partition coefficient (Wildman–Crippen LogP) is 8.12. The summed E-state index contributed by atoms with van der Waals surface area (Å²) in [5.74, 6) is 1.92. The van der Waals surface area contributed by atoms with Crippen molar-refractivity contribution in [3.8, 4) is 5.75 Å². The molecule has 1 aliphatic carbocycles. The zero-order chi connectivity index (χ0) is 22.8. The van der Waals surface area contributed by atoms with Crippen LogP contribution in [-0.4, -0.2) is 12.8 Å². The van der Waals surface area contributed by atoms with Crippen molar-refractivity contribution in [2.45, 2.75) is 38.6 Å². The Kier molecular flexibility index (Phi) is 6.37. The van der Waals surface area contributed by atoms with E-state index >= 15 is 0 Å². The zero-order valence-corrected chi connectivity index (χ0v) is 20.7. The fourth-order valence-corrected chi connectivity index (χ4v) is 5.40. The first-order valence-electron chi connectivity index (χ1n) is 11.7. The highest BCUT2D eigenvalue weighted by atomic mass is 79.9. The van der Waals surface area contributed by atoms with E-state index in [0.717, 1.165) is 40.9 Å². The molecule has 0 unspecified atom stereocenters. The lowest BCUT2D eigenvalue weighted by Gasteiger charge is -2.37. The van der Waals surface area contributed by atoms with Gasteiger partial charge in [-0.1, -0.05) is 48.9 Å². The Balaban J connectivity index is 1.32. The van der Waals surface area contributed by atoms with Crippen LogP contribution in [-0.2, 0) is 0 Å². The van der Waals surface area contributed by atoms with Crippen molar-refractivity contribution in [1.29, 1.82) is 0 Å². The van der Waals surface area contributed by atoms with Gasteiger partial charge < -0.3 is 10.1 Å². The van der Waals surface area contributed by atoms with Crippen molar-refractivity contribution in [3.63, 3.8) is 0 Å². The third kappa shape index (κ3) is 4.63. The maximum atomic E-state index is 5.73. The molecule has 0 fully saturated rings. The molecule has 5 rings (SSSR count). The molecule has 3 atom stereocenters. The van der Waals surface area contributed by atoms with E-state index < -0.39 is 0 Å². The number of aryl methyl sites for hydroxylation is 1. The van der Waals surface area contributed by atoms with Crippen molar-refractivity contribution < 1.29 is 4.74 Å². The zero-order valence-electron chi connectivity index (χ0n) is 19.1. The largest absolute Gasteiger partial charge is 0.492 e. The average molecular weight is 501 g/mol. The average Bonchev–Trinajstić information content (AvgIpc) is 3.33. The van der Waals surface area contributed by atoms with Gasteiger partial charge in [-0.05, 0) is 94.7 Å². The van der Waals surface area contributed by atoms with Crippen LogP contribution >= 0.6 is 15.9 Å². The van der Waals surface area contributed by atoms with Gasteiger partial charge in [0.1, 0.15) is 5.75 Å². The topological polar surface area (TPSA) is 33.6 Å². The highest BCUT2D eigenvalue weighted by Crippen LogP contribution is 2.50. The summed E-state index contributed by atoms with van der Waals surface area (Å²) in [4.78, 5) is 4.69. The standard InChI is InChI=1S/C29H29BrN2O/c1-3-15-33-28-14-8-20(17-26(28)30)18-31-22-11-9-21(10-12-22)29-24-6-4-5-23(24)25-16-19(2)7-13-27(25)32-29/h4-5,7-14,16-18,23-24,29,32H,3,6,15H2,1-2H3/t23-,24+,29+/m1/s1. The lowest BCUT2D eigenvalue weighted by molar-refractivity contribution is 0.315. The molecule has 4 heteroatoms. The molecule has 33 heavy (non-hydrogen) atoms. The van der Waals surface area contributed by atoms with Crippen LogP contribution in [0.15, 0.2) is 82.3 Å². The second-order valence-corrected chi connectivity index (χ2v) is 9.81. The molecule has 0 radical (unpaired) electrons. The van der Waals surface area contributed by atoms with E-state index in [1.54, 1.807) is 0 Å². The molecule has 3 nitrogen and oxygen atoms in total. The molecule has 168 valence electrons. The number of nitrogens with zero attached hydrogens (tertiary/aromatic N) is 1. The quantitative estimate of drug-likeness (QED) is 0.273. The van der Waals surface area contributed by atoms with Crippen LogP contribution in [0.4, 0.5) is 11.4 Å². The van der Waals surface area contributed by atoms with Crippen molar-refractivity contribution in [2.24, 2.45) is 10.9 Å². The predicted molar refractivity (Wildman–Crippen MR) is 141 cm³/mol. The first-order valence-corrected chi connectivity index (χ1v) is 12.5. The van der Waals surface area contributed by atoms with Crippen LogP contribution in [0.3, 0.4) is 0 Å². The van der Waals surface area contributed by atoms with Crippen molar-refractivity contribution in [1.82, 2.24) is 0 Å². The Bertz CT molecular complexity index is 1200. The van der Waals surface area contributed by atoms with E-state index in [-0.39, 0.29) is 0 Å². The first-order chi connectivity index (χ1) is 16.1. The summed E-state index contributed by atoms with van der Waals surface area (Å²) in [5, 5.41) is 3.82. The van der Waals surface area contributed by atoms with Crippen LogP contribution in [0.5, 0.6) is 5.75 Å². The van der Waals surface area contributed by atoms with Gasteiger partial charge in [0, 0.05) is 17.8 Å². The number of anilines is 1. The lowest BCUT2D eigenvalue weighted by atomic mass is 9.76. The molecule has 1 aliphatic heterocycles. The Labute approximate surface area is 204 Å². The molecule has 3 aromatic rings. The number of aliphatic imine (C=N–C) groups is 1. The maximum absolute atomic E-state index is 5.73. The summed E-state index contributed by atoms with van der Waals surface area (Å²) < 4.78 is 6.68. The SMILES string of the molecule is CCCOc1ccc(C=Nc2ccc([C@@H]3Nc4ccc(C)cc4[C@@H]4C=CC[C@@H]43)cc2)cc1Br. The van der Waals surface area contributed by atoms with E-state index in [9.17, 15) is 0 Å². The van der Waals surface area contributed by atoms with Crippen LogP contribution in [0.25, 0.3) is 0 Å². The fourth-order valence-electron chi connectivity index (χ4n) is 4.89. The third-order valence-electron chi connectivity index (χ3n) is 6.55. The van der Waals surface area contributed by atoms with Crippen molar-refractivity contribution in [3.05, 3.63) is 99.5 Å². The normalized spacial score (nSPS) is 21.0. The van der Waals surface area contributed by atoms with Gasteiger partial charge in [0.2, 0.25) is 0 Å². The molecule has 0 saturated carbocycles. The first kappa shape index (κ1) is 22.0. The number of halogens is 1. The molecule has 0 bridgehead atoms. The summed E-state index contributed by atoms with van der Waals surface area (Å²) in [6.07, 6.45) is 8.75. The summed E-state index contributed by atoms with van der Waals surface area (Å²) in [6.45, 7) is 5.00. The van der Waals surface area contributed by atoms with Gasteiger partial charge in [0.05, 0.1) is 22.8 Å². The molecular weight excluding hydrogens is 472 g/mol. The number of nitrogens with one attached hydrogen (secondary N) is 1. The molecule has 1 N–H and O–H groups in total. The van der Waals surface area contributed by atoms with E-state index in [0.29, 0.717) is 17.9 Å². The lowest BCUT2D eigenvalue weighted by Crippen LogP contribution is -2.29. The minimum Gasteiger partial charge on any atom is -0.492 e. The molecule has 0 amide bonds. The van der Waals surface area contributed by atoms with Gasteiger partial charge in [-0.25, -0.2) is 0 Å². The number of benzene rings is 3. The van der Waals surface area contributed by atoms with Crippen molar-refractivity contribution >= 4 is 33.5 Å². The highest BCUT2D eigenvalue weighted by molar-refractivity contribution is 9.10. The van der Waals surface area contributed by atoms with Crippen LogP contribution in [0.1, 0.15) is 54.0 Å². The number of allylic oxidation sites excluding steroid dienone is 2. The van der Waals surface area contributed by atoms with Crippen LogP contribution < -0.4 is 10.1 Å². The second kappa shape index (κ2) is 9.56. The Morgan fingerprint density at radius 3 is 2.73 bits per heavy atom. The summed E-state index contributed by atoms with van der Waals surface area (Å²) in [6, 6.07) is 21.8. The number of ether oxygens (including phenoxy) is 1. The third-order valence-corrected chi connectivity index (χ3v) is 7.17. The van der Waals surface area contributed by atoms with Gasteiger partial charge >= 0.3 is 0 Å². The van der Waals surface area contributed by atoms with Gasteiger partial charge in [-0.2, -0.15) is 0 Å². The Hall–Kier alpha value is -2.85. The molecule has 0 saturated heterocycles. The minimum absolute atomic E-state index is 0.310. The number of hydrogen-bond acceptors (Lipinski definition) is 3. The van der Waals surface area contributed by atoms with Crippen LogP contribution in [0, 0.1) is 12.8 Å². The number of fused-ring (bicyclic) bond motifs is 3. The molecule has 3 aromatic carbocycles. The number of hydrogen-bond donors (Lipinski definition) is 1. The van der Waals surface area contributed by atoms with Gasteiger partial charge in [0.15, 0.2) is 0 Å². The molecule has 2 aliphatic rings. The van der Waals surface area contributed by atoms with Gasteiger partial charge in [0.25, 0.3) is 0 Å². The minimum atomic E-state index is 0.310. The highest BCUT2D eigenvalue weighted by Gasteiger charge is 2.37. The van der Waals surface area contributed by atoms with Crippen molar-refractivity contribution in [2.75, 3.05) is 11.9 Å². The summed E-state index contributed by atoms with van der Waals surface area (Å²) >= 11 is 3.60. The van der Waals surface area contributed by atoms with Gasteiger partial charge in [-0.15, -0.1) is 0 Å². The van der Waals surface area contributed by atoms with Gasteiger partial charge in [-0.3, -0.25) is 4.99 Å². The monoisotopic (exact) mass is 500 g/mol. The van der Waals surface area contributed by atoms with E-state index in [2.05, 4.69) is 94.7 Å². The van der Waals surface area contributed by atoms with E-state index in [1.807, 2.05) is 24.4 Å². The molecule has 0 spiro atoms. The molecule has 0 aromatic heterocycles. The van der Waals surface area contributed by atoms with E-state index in [1.165, 1.54) is 22.4 Å². The number of rotatable bonds is 6. The summed E-state index contributed by atoms with van der Waals surface area (Å²) in [5.41, 5.74) is 7.33. The fraction of sp³-hybridized carbons (Fsp3) is 0.276. The second-order valence-electron chi connectivity index (χ2n) is 8.95. The maximum Gasteiger partial charge on any atom is 0.133 e. The molecule has 1 heterocycles. The smallest absolute Gasteiger partial charge is 0.133 e. The Morgan fingerprint density at radius 1 is 1.09 bits per heavy atom. The Morgan fingerprint density at radius 2 is 1.94 bits per heavy atom. The molecular formula is C29H29BrN2O.